The molecule has 0 saturated heterocycles. The van der Waals surface area contributed by atoms with Crippen LogP contribution >= 0.6 is 0 Å². The highest BCUT2D eigenvalue weighted by Gasteiger charge is 2.13. The van der Waals surface area contributed by atoms with Crippen LogP contribution in [0.5, 0.6) is 5.75 Å². The van der Waals surface area contributed by atoms with Crippen LogP contribution in [0.4, 0.5) is 0 Å². The van der Waals surface area contributed by atoms with Crippen molar-refractivity contribution in [2.45, 2.75) is 38.1 Å². The van der Waals surface area contributed by atoms with Crippen LogP contribution in [-0.4, -0.2) is 47.6 Å². The SMILES string of the molecule is O=CC(Cc1ccc(OC(=O)CCCO[N+](=O)[O-])cc1)NC(=O)CCCO[N+](=O)[O-]. The van der Waals surface area contributed by atoms with E-state index in [4.69, 9.17) is 4.74 Å². The summed E-state index contributed by atoms with van der Waals surface area (Å²) < 4.78 is 5.08. The smallest absolute Gasteiger partial charge is 0.311 e. The van der Waals surface area contributed by atoms with Gasteiger partial charge in [0.1, 0.15) is 12.0 Å². The second-order valence-corrected chi connectivity index (χ2v) is 5.95. The summed E-state index contributed by atoms with van der Waals surface area (Å²) in [5.74, 6) is -0.754. The molecule has 30 heavy (non-hydrogen) atoms. The summed E-state index contributed by atoms with van der Waals surface area (Å²) in [6, 6.07) is 5.47. The molecule has 1 rings (SSSR count). The zero-order valence-electron chi connectivity index (χ0n) is 15.9. The van der Waals surface area contributed by atoms with Gasteiger partial charge in [0.25, 0.3) is 10.2 Å². The first-order chi connectivity index (χ1) is 14.3. The van der Waals surface area contributed by atoms with Gasteiger partial charge in [-0.15, -0.1) is 20.2 Å². The largest absolute Gasteiger partial charge is 0.427 e. The minimum Gasteiger partial charge on any atom is -0.427 e. The van der Waals surface area contributed by atoms with Crippen molar-refractivity contribution in [1.82, 2.24) is 5.32 Å². The molecule has 0 radical (unpaired) electrons. The number of hydrogen-bond donors (Lipinski definition) is 1. The van der Waals surface area contributed by atoms with E-state index in [1.165, 1.54) is 12.1 Å². The van der Waals surface area contributed by atoms with Crippen LogP contribution in [0.3, 0.4) is 0 Å². The van der Waals surface area contributed by atoms with Gasteiger partial charge in [0.2, 0.25) is 5.91 Å². The quantitative estimate of drug-likeness (QED) is 0.105. The molecule has 13 nitrogen and oxygen atoms in total. The Morgan fingerprint density at radius 3 is 2.10 bits per heavy atom. The zero-order chi connectivity index (χ0) is 22.4. The van der Waals surface area contributed by atoms with E-state index in [9.17, 15) is 34.6 Å². The molecule has 1 atom stereocenters. The fourth-order valence-corrected chi connectivity index (χ4v) is 2.27. The molecule has 13 heteroatoms. The average molecular weight is 427 g/mol. The summed E-state index contributed by atoms with van der Waals surface area (Å²) in [5.41, 5.74) is 0.697. The first-order valence-electron chi connectivity index (χ1n) is 8.89. The summed E-state index contributed by atoms with van der Waals surface area (Å²) in [6.45, 7) is -0.419. The lowest BCUT2D eigenvalue weighted by atomic mass is 10.1. The molecule has 0 aliphatic carbocycles. The molecule has 0 aliphatic heterocycles. The number of amides is 1. The molecule has 0 saturated carbocycles. The van der Waals surface area contributed by atoms with E-state index < -0.39 is 28.1 Å². The van der Waals surface area contributed by atoms with Gasteiger partial charge in [-0.05, 0) is 37.0 Å². The van der Waals surface area contributed by atoms with Gasteiger partial charge in [0.05, 0.1) is 19.3 Å². The molecule has 0 aliphatic rings. The third-order valence-electron chi connectivity index (χ3n) is 3.59. The number of nitrogens with zero attached hydrogens (tertiary/aromatic N) is 2. The number of benzene rings is 1. The summed E-state index contributed by atoms with van der Waals surface area (Å²) in [6.07, 6.45) is 0.966. The highest BCUT2D eigenvalue weighted by Crippen LogP contribution is 2.14. The lowest BCUT2D eigenvalue weighted by Crippen LogP contribution is -2.37. The average Bonchev–Trinajstić information content (AvgIpc) is 2.69. The molecule has 1 unspecified atom stereocenters. The van der Waals surface area contributed by atoms with Crippen molar-refractivity contribution in [3.05, 3.63) is 50.1 Å². The Balaban J connectivity index is 2.39. The summed E-state index contributed by atoms with van der Waals surface area (Å²) in [5, 5.41) is 20.6. The third-order valence-corrected chi connectivity index (χ3v) is 3.59. The Morgan fingerprint density at radius 1 is 1.00 bits per heavy atom. The lowest BCUT2D eigenvalue weighted by Gasteiger charge is -2.13. The van der Waals surface area contributed by atoms with E-state index in [-0.39, 0.29) is 51.1 Å². The van der Waals surface area contributed by atoms with E-state index in [1.807, 2.05) is 0 Å². The predicted octanol–water partition coefficient (Wildman–Crippen LogP) is 0.795. The highest BCUT2D eigenvalue weighted by molar-refractivity contribution is 5.79. The zero-order valence-corrected chi connectivity index (χ0v) is 15.9. The topological polar surface area (TPSA) is 177 Å². The molecule has 0 aromatic heterocycles. The Labute approximate surface area is 170 Å². The van der Waals surface area contributed by atoms with E-state index >= 15 is 0 Å². The minimum absolute atomic E-state index is 0.0280. The maximum Gasteiger partial charge on any atom is 0.311 e. The van der Waals surface area contributed by atoms with E-state index in [0.717, 1.165) is 0 Å². The Hall–Kier alpha value is -3.77. The van der Waals surface area contributed by atoms with Crippen molar-refractivity contribution < 1.29 is 39.0 Å². The first kappa shape index (κ1) is 24.3. The lowest BCUT2D eigenvalue weighted by molar-refractivity contribution is -0.757. The van der Waals surface area contributed by atoms with Gasteiger partial charge in [-0.25, -0.2) is 0 Å². The number of rotatable bonds is 15. The molecule has 0 heterocycles. The molecular weight excluding hydrogens is 406 g/mol. The number of carbonyl (C=O) groups excluding carboxylic acids is 3. The fraction of sp³-hybridized carbons (Fsp3) is 0.471. The van der Waals surface area contributed by atoms with Crippen LogP contribution in [0.1, 0.15) is 31.2 Å². The molecular formula is C17H21N3O10. The molecule has 1 aromatic rings. The summed E-state index contributed by atoms with van der Waals surface area (Å²) in [4.78, 5) is 62.8. The van der Waals surface area contributed by atoms with Crippen molar-refractivity contribution in [2.24, 2.45) is 0 Å². The van der Waals surface area contributed by atoms with Crippen molar-refractivity contribution in [3.63, 3.8) is 0 Å². The molecule has 164 valence electrons. The summed E-state index contributed by atoms with van der Waals surface area (Å²) in [7, 11) is 0. The van der Waals surface area contributed by atoms with Crippen LogP contribution in [0.15, 0.2) is 24.3 Å². The molecule has 1 amide bonds. The minimum atomic E-state index is -0.947. The Kier molecular flexibility index (Phi) is 10.9. The van der Waals surface area contributed by atoms with Gasteiger partial charge >= 0.3 is 5.97 Å². The third kappa shape index (κ3) is 11.2. The number of ether oxygens (including phenoxy) is 1. The molecule has 0 bridgehead atoms. The second kappa shape index (κ2) is 13.4. The highest BCUT2D eigenvalue weighted by atomic mass is 17.0. The van der Waals surface area contributed by atoms with Gasteiger partial charge in [0.15, 0.2) is 0 Å². The van der Waals surface area contributed by atoms with Crippen LogP contribution in [0.25, 0.3) is 0 Å². The van der Waals surface area contributed by atoms with Crippen molar-refractivity contribution in [2.75, 3.05) is 13.2 Å². The maximum absolute atomic E-state index is 11.8. The number of aldehydes is 1. The van der Waals surface area contributed by atoms with Crippen molar-refractivity contribution in [3.8, 4) is 5.75 Å². The maximum atomic E-state index is 11.8. The fourth-order valence-electron chi connectivity index (χ4n) is 2.27. The van der Waals surface area contributed by atoms with Crippen molar-refractivity contribution >= 4 is 18.2 Å². The molecule has 0 fully saturated rings. The number of hydrogen-bond acceptors (Lipinski definition) is 10. The van der Waals surface area contributed by atoms with E-state index in [1.54, 1.807) is 12.1 Å². The number of esters is 1. The van der Waals surface area contributed by atoms with Crippen LogP contribution in [-0.2, 0) is 30.5 Å². The van der Waals surface area contributed by atoms with Gasteiger partial charge in [0, 0.05) is 12.8 Å². The summed E-state index contributed by atoms with van der Waals surface area (Å²) >= 11 is 0. The standard InChI is InChI=1S/C17H21N3O10/c21-12-14(18-16(22)3-1-9-28-19(24)25)11-13-5-7-15(8-6-13)30-17(23)4-2-10-29-20(26)27/h5-8,12,14H,1-4,9-11H2,(H,18,22). The number of nitrogens with one attached hydrogen (secondary N) is 1. The van der Waals surface area contributed by atoms with Crippen LogP contribution < -0.4 is 10.1 Å². The normalized spacial score (nSPS) is 11.1. The van der Waals surface area contributed by atoms with Gasteiger partial charge in [-0.2, -0.15) is 0 Å². The predicted molar refractivity (Wildman–Crippen MR) is 98.1 cm³/mol. The Morgan fingerprint density at radius 2 is 1.57 bits per heavy atom. The Bertz CT molecular complexity index is 738. The second-order valence-electron chi connectivity index (χ2n) is 5.95. The van der Waals surface area contributed by atoms with E-state index in [2.05, 4.69) is 15.0 Å². The van der Waals surface area contributed by atoms with E-state index in [0.29, 0.717) is 11.8 Å². The van der Waals surface area contributed by atoms with Gasteiger partial charge in [-0.3, -0.25) is 9.59 Å². The van der Waals surface area contributed by atoms with Crippen LogP contribution in [0.2, 0.25) is 0 Å². The molecule has 1 aromatic carbocycles. The number of carbonyl (C=O) groups is 3. The van der Waals surface area contributed by atoms with Crippen LogP contribution in [0, 0.1) is 20.2 Å². The van der Waals surface area contributed by atoms with Gasteiger partial charge < -0.3 is 24.5 Å². The monoisotopic (exact) mass is 427 g/mol. The molecule has 0 spiro atoms. The first-order valence-corrected chi connectivity index (χ1v) is 8.89. The van der Waals surface area contributed by atoms with Crippen molar-refractivity contribution in [1.29, 1.82) is 0 Å². The molecule has 1 N–H and O–H groups in total. The van der Waals surface area contributed by atoms with Gasteiger partial charge in [-0.1, -0.05) is 12.1 Å².